The van der Waals surface area contributed by atoms with E-state index in [-0.39, 0.29) is 5.92 Å². The highest BCUT2D eigenvalue weighted by atomic mass is 32.1. The predicted octanol–water partition coefficient (Wildman–Crippen LogP) is 2.30. The van der Waals surface area contributed by atoms with Gasteiger partial charge in [0.1, 0.15) is 5.01 Å². The highest BCUT2D eigenvalue weighted by molar-refractivity contribution is 7.11. The van der Waals surface area contributed by atoms with Crippen LogP contribution in [-0.4, -0.2) is 34.0 Å². The first-order chi connectivity index (χ1) is 9.04. The molecular formula is C14H20N2O2S. The van der Waals surface area contributed by atoms with Crippen LogP contribution in [-0.2, 0) is 11.3 Å². The van der Waals surface area contributed by atoms with Crippen molar-refractivity contribution in [1.29, 1.82) is 0 Å². The lowest BCUT2D eigenvalue weighted by molar-refractivity contribution is -0.142. The summed E-state index contributed by atoms with van der Waals surface area (Å²) >= 11 is 1.74. The summed E-state index contributed by atoms with van der Waals surface area (Å²) < 4.78 is 0. The second-order valence-corrected chi connectivity index (χ2v) is 7.18. The van der Waals surface area contributed by atoms with Crippen molar-refractivity contribution in [3.05, 3.63) is 15.6 Å². The molecule has 0 aromatic carbocycles. The van der Waals surface area contributed by atoms with Gasteiger partial charge < -0.3 is 5.11 Å². The molecule has 0 unspecified atom stereocenters. The fraction of sp³-hybridized carbons (Fsp3) is 0.714. The highest BCUT2D eigenvalue weighted by Gasteiger charge is 2.45. The van der Waals surface area contributed by atoms with Crippen molar-refractivity contribution in [2.75, 3.05) is 13.1 Å². The Morgan fingerprint density at radius 3 is 2.68 bits per heavy atom. The Morgan fingerprint density at radius 1 is 1.42 bits per heavy atom. The number of aliphatic carboxylic acids is 1. The average Bonchev–Trinajstić information content (AvgIpc) is 3.02. The zero-order valence-electron chi connectivity index (χ0n) is 11.4. The normalized spacial score (nSPS) is 27.9. The molecule has 2 heterocycles. The van der Waals surface area contributed by atoms with Crippen molar-refractivity contribution in [2.24, 2.45) is 17.8 Å². The molecule has 0 radical (unpaired) electrons. The Kier molecular flexibility index (Phi) is 3.35. The van der Waals surface area contributed by atoms with Gasteiger partial charge in [0.15, 0.2) is 0 Å². The number of carboxylic acids is 1. The molecular weight excluding hydrogens is 260 g/mol. The molecule has 1 aliphatic heterocycles. The topological polar surface area (TPSA) is 53.4 Å². The van der Waals surface area contributed by atoms with Crippen LogP contribution in [0.15, 0.2) is 0 Å². The van der Waals surface area contributed by atoms with Crippen LogP contribution in [0, 0.1) is 31.6 Å². The van der Waals surface area contributed by atoms with Crippen LogP contribution in [0.25, 0.3) is 0 Å². The molecule has 3 rings (SSSR count). The summed E-state index contributed by atoms with van der Waals surface area (Å²) in [6.45, 7) is 6.56. The third-order valence-electron chi connectivity index (χ3n) is 4.42. The first-order valence-corrected chi connectivity index (χ1v) is 7.74. The van der Waals surface area contributed by atoms with Gasteiger partial charge in [-0.25, -0.2) is 4.98 Å². The molecule has 0 amide bonds. The van der Waals surface area contributed by atoms with E-state index in [9.17, 15) is 9.90 Å². The van der Waals surface area contributed by atoms with E-state index in [1.54, 1.807) is 11.3 Å². The highest BCUT2D eigenvalue weighted by Crippen LogP contribution is 2.44. The SMILES string of the molecule is Cc1nc(CN2C[C@H](C(=O)O)[C@@H](C3CC3)C2)sc1C. The molecule has 19 heavy (non-hydrogen) atoms. The van der Waals surface area contributed by atoms with Gasteiger partial charge in [0.25, 0.3) is 0 Å². The molecule has 104 valence electrons. The smallest absolute Gasteiger partial charge is 0.308 e. The van der Waals surface area contributed by atoms with E-state index in [0.29, 0.717) is 18.4 Å². The van der Waals surface area contributed by atoms with Crippen molar-refractivity contribution in [3.63, 3.8) is 0 Å². The first-order valence-electron chi connectivity index (χ1n) is 6.92. The summed E-state index contributed by atoms with van der Waals surface area (Å²) in [5, 5.41) is 10.5. The van der Waals surface area contributed by atoms with Crippen molar-refractivity contribution < 1.29 is 9.90 Å². The fourth-order valence-electron chi connectivity index (χ4n) is 3.10. The van der Waals surface area contributed by atoms with Gasteiger partial charge in [-0.05, 0) is 38.5 Å². The van der Waals surface area contributed by atoms with Crippen LogP contribution in [0.3, 0.4) is 0 Å². The van der Waals surface area contributed by atoms with E-state index < -0.39 is 5.97 Å². The molecule has 1 saturated heterocycles. The summed E-state index contributed by atoms with van der Waals surface area (Å²) in [5.41, 5.74) is 1.10. The summed E-state index contributed by atoms with van der Waals surface area (Å²) in [7, 11) is 0. The van der Waals surface area contributed by atoms with Gasteiger partial charge in [-0.15, -0.1) is 11.3 Å². The van der Waals surface area contributed by atoms with Gasteiger partial charge in [-0.3, -0.25) is 9.69 Å². The van der Waals surface area contributed by atoms with E-state index >= 15 is 0 Å². The molecule has 1 aromatic heterocycles. The van der Waals surface area contributed by atoms with Gasteiger partial charge in [-0.2, -0.15) is 0 Å². The summed E-state index contributed by atoms with van der Waals surface area (Å²) in [4.78, 5) is 19.5. The van der Waals surface area contributed by atoms with E-state index in [4.69, 9.17) is 0 Å². The maximum Gasteiger partial charge on any atom is 0.308 e. The molecule has 1 saturated carbocycles. The summed E-state index contributed by atoms with van der Waals surface area (Å²) in [5.74, 6) is 0.228. The molecule has 0 bridgehead atoms. The Hall–Kier alpha value is -0.940. The minimum absolute atomic E-state index is 0.172. The number of hydrogen-bond acceptors (Lipinski definition) is 4. The Morgan fingerprint density at radius 2 is 2.16 bits per heavy atom. The molecule has 1 aliphatic carbocycles. The second kappa shape index (κ2) is 4.87. The van der Waals surface area contributed by atoms with Crippen molar-refractivity contribution in [2.45, 2.75) is 33.2 Å². The standard InChI is InChI=1S/C14H20N2O2S/c1-8-9(2)19-13(15-8)7-16-5-11(10-3-4-10)12(6-16)14(17)18/h10-12H,3-7H2,1-2H3,(H,17,18)/t11-,12+/m1/s1. The maximum absolute atomic E-state index is 11.4. The van der Waals surface area contributed by atoms with Crippen LogP contribution < -0.4 is 0 Å². The third-order valence-corrected chi connectivity index (χ3v) is 5.47. The number of likely N-dealkylation sites (tertiary alicyclic amines) is 1. The molecule has 5 heteroatoms. The Labute approximate surface area is 117 Å². The number of aryl methyl sites for hydroxylation is 2. The molecule has 0 spiro atoms. The lowest BCUT2D eigenvalue weighted by Gasteiger charge is -2.13. The minimum Gasteiger partial charge on any atom is -0.481 e. The van der Waals surface area contributed by atoms with Crippen LogP contribution in [0.1, 0.15) is 28.4 Å². The van der Waals surface area contributed by atoms with Crippen LogP contribution in [0.5, 0.6) is 0 Å². The number of carboxylic acid groups (broad SMARTS) is 1. The van der Waals surface area contributed by atoms with E-state index in [2.05, 4.69) is 16.8 Å². The monoisotopic (exact) mass is 280 g/mol. The van der Waals surface area contributed by atoms with Crippen molar-refractivity contribution in [1.82, 2.24) is 9.88 Å². The zero-order chi connectivity index (χ0) is 13.6. The number of hydrogen-bond donors (Lipinski definition) is 1. The second-order valence-electron chi connectivity index (χ2n) is 5.89. The van der Waals surface area contributed by atoms with Crippen LogP contribution >= 0.6 is 11.3 Å². The van der Waals surface area contributed by atoms with E-state index in [1.807, 2.05) is 6.92 Å². The van der Waals surface area contributed by atoms with E-state index in [0.717, 1.165) is 23.8 Å². The maximum atomic E-state index is 11.4. The van der Waals surface area contributed by atoms with Gasteiger partial charge in [-0.1, -0.05) is 0 Å². The van der Waals surface area contributed by atoms with Crippen molar-refractivity contribution in [3.8, 4) is 0 Å². The molecule has 1 aromatic rings. The van der Waals surface area contributed by atoms with Crippen LogP contribution in [0.2, 0.25) is 0 Å². The molecule has 2 fully saturated rings. The molecule has 2 aliphatic rings. The molecule has 1 N–H and O–H groups in total. The van der Waals surface area contributed by atoms with Crippen LogP contribution in [0.4, 0.5) is 0 Å². The number of carbonyl (C=O) groups is 1. The molecule has 2 atom stereocenters. The third kappa shape index (κ3) is 2.67. The summed E-state index contributed by atoms with van der Waals surface area (Å²) in [6.07, 6.45) is 2.44. The zero-order valence-corrected chi connectivity index (χ0v) is 12.2. The van der Waals surface area contributed by atoms with Gasteiger partial charge in [0.05, 0.1) is 18.2 Å². The van der Waals surface area contributed by atoms with Gasteiger partial charge >= 0.3 is 5.97 Å². The Bertz CT molecular complexity index is 476. The Balaban J connectivity index is 1.67. The average molecular weight is 280 g/mol. The number of aromatic nitrogens is 1. The number of thiazole rings is 1. The quantitative estimate of drug-likeness (QED) is 0.919. The first kappa shape index (κ1) is 13.1. The van der Waals surface area contributed by atoms with Gasteiger partial charge in [0, 0.05) is 18.0 Å². The molecule has 4 nitrogen and oxygen atoms in total. The lowest BCUT2D eigenvalue weighted by atomic mass is 9.92. The fourth-order valence-corrected chi connectivity index (χ4v) is 4.08. The number of rotatable bonds is 4. The van der Waals surface area contributed by atoms with Crippen molar-refractivity contribution >= 4 is 17.3 Å². The minimum atomic E-state index is -0.620. The summed E-state index contributed by atoms with van der Waals surface area (Å²) in [6, 6.07) is 0. The number of nitrogens with zero attached hydrogens (tertiary/aromatic N) is 2. The largest absolute Gasteiger partial charge is 0.481 e. The van der Waals surface area contributed by atoms with Gasteiger partial charge in [0.2, 0.25) is 0 Å². The lowest BCUT2D eigenvalue weighted by Crippen LogP contribution is -2.24. The predicted molar refractivity (Wildman–Crippen MR) is 74.2 cm³/mol. The van der Waals surface area contributed by atoms with E-state index in [1.165, 1.54) is 17.7 Å².